The fourth-order valence-electron chi connectivity index (χ4n) is 1.74. The Bertz CT molecular complexity index is 231. The molecule has 0 aliphatic carbocycles. The van der Waals surface area contributed by atoms with Gasteiger partial charge in [0.1, 0.15) is 0 Å². The number of hydrogen-bond donors (Lipinski definition) is 0. The van der Waals surface area contributed by atoms with E-state index in [2.05, 4.69) is 45.9 Å². The van der Waals surface area contributed by atoms with Crippen LogP contribution < -0.4 is 0 Å². The van der Waals surface area contributed by atoms with Crippen molar-refractivity contribution in [1.29, 1.82) is 0 Å². The number of aryl methyl sites for hydroxylation is 2. The Hall–Kier alpha value is 0.324. The summed E-state index contributed by atoms with van der Waals surface area (Å²) in [6, 6.07) is 6.49. The zero-order chi connectivity index (χ0) is 8.43. The van der Waals surface area contributed by atoms with Gasteiger partial charge in [-0.2, -0.15) is 0 Å². The maximum atomic E-state index is 2.25. The molecule has 1 aromatic carbocycles. The molecule has 0 nitrogen and oxygen atoms in total. The van der Waals surface area contributed by atoms with Gasteiger partial charge in [-0.15, -0.1) is 0 Å². The third-order valence-corrected chi connectivity index (χ3v) is 2.12. The summed E-state index contributed by atoms with van der Waals surface area (Å²) in [6.45, 7) is 8.86. The smallest absolute Gasteiger partial charge is 0 e. The van der Waals surface area contributed by atoms with Gasteiger partial charge >= 0.3 is 0 Å². The van der Waals surface area contributed by atoms with E-state index in [0.717, 1.165) is 0 Å². The first kappa shape index (κ1) is 19.8. The third kappa shape index (κ3) is 4.71. The second kappa shape index (κ2) is 8.62. The van der Waals surface area contributed by atoms with Crippen molar-refractivity contribution in [3.8, 4) is 0 Å². The summed E-state index contributed by atoms with van der Waals surface area (Å²) in [5.74, 6) is 0.649. The van der Waals surface area contributed by atoms with E-state index in [4.69, 9.17) is 0 Å². The number of rotatable bonds is 1. The minimum Gasteiger partial charge on any atom is -0.358 e. The normalized spacial score (nSPS) is 8.36. The summed E-state index contributed by atoms with van der Waals surface area (Å²) in [5.41, 5.74) is 4.34. The molecule has 0 atom stereocenters. The van der Waals surface area contributed by atoms with Gasteiger partial charge in [0.2, 0.25) is 0 Å². The monoisotopic (exact) mass is 267 g/mol. The van der Waals surface area contributed by atoms with Crippen molar-refractivity contribution in [2.75, 3.05) is 0 Å². The van der Waals surface area contributed by atoms with Gasteiger partial charge in [-0.05, 0) is 36.5 Å². The van der Waals surface area contributed by atoms with Crippen molar-refractivity contribution in [1.82, 2.24) is 0 Å². The van der Waals surface area contributed by atoms with Crippen LogP contribution in [0.4, 0.5) is 0 Å². The second-order valence-corrected chi connectivity index (χ2v) is 3.46. The first-order valence-electron chi connectivity index (χ1n) is 4.19. The molecule has 0 bridgehead atoms. The van der Waals surface area contributed by atoms with Crippen molar-refractivity contribution in [3.63, 3.8) is 0 Å². The van der Waals surface area contributed by atoms with E-state index in [0.29, 0.717) is 5.92 Å². The number of hydrogen-bond acceptors (Lipinski definition) is 0. The molecule has 0 saturated heterocycles. The molecule has 0 heterocycles. The molecule has 0 fully saturated rings. The van der Waals surface area contributed by atoms with Crippen LogP contribution >= 0.6 is 0 Å². The fraction of sp³-hybridized carbons (Fsp3) is 0.385. The summed E-state index contributed by atoms with van der Waals surface area (Å²) < 4.78 is 0. The summed E-state index contributed by atoms with van der Waals surface area (Å²) in [5, 5.41) is 0. The first-order chi connectivity index (χ1) is 5.13. The molecular formula is C13H22Y-2. The molecule has 0 unspecified atom stereocenters. The summed E-state index contributed by atoms with van der Waals surface area (Å²) in [4.78, 5) is 0. The largest absolute Gasteiger partial charge is 0.358 e. The SMILES string of the molecule is Cc1cccc(C)c1C(C)C.[CH3-].[CH3-].[Y]. The van der Waals surface area contributed by atoms with Crippen LogP contribution in [-0.2, 0) is 32.7 Å². The van der Waals surface area contributed by atoms with E-state index in [1.54, 1.807) is 0 Å². The molecule has 0 N–H and O–H groups in total. The quantitative estimate of drug-likeness (QED) is 0.664. The molecule has 1 heteroatoms. The Balaban J connectivity index is -0.000000403. The van der Waals surface area contributed by atoms with Gasteiger partial charge in [0.15, 0.2) is 0 Å². The van der Waals surface area contributed by atoms with Crippen molar-refractivity contribution in [2.24, 2.45) is 0 Å². The Morgan fingerprint density at radius 3 is 1.50 bits per heavy atom. The van der Waals surface area contributed by atoms with Gasteiger partial charge in [-0.3, -0.25) is 0 Å². The Labute approximate surface area is 115 Å². The minimum atomic E-state index is 0. The van der Waals surface area contributed by atoms with Crippen LogP contribution in [-0.4, -0.2) is 0 Å². The molecule has 0 aromatic heterocycles. The van der Waals surface area contributed by atoms with Crippen LogP contribution in [0.5, 0.6) is 0 Å². The molecule has 79 valence electrons. The minimum absolute atomic E-state index is 0. The zero-order valence-electron chi connectivity index (χ0n) is 10.4. The van der Waals surface area contributed by atoms with Crippen LogP contribution in [0.3, 0.4) is 0 Å². The molecule has 0 aliphatic heterocycles. The first-order valence-corrected chi connectivity index (χ1v) is 4.19. The summed E-state index contributed by atoms with van der Waals surface area (Å²) >= 11 is 0. The topological polar surface area (TPSA) is 0 Å². The fourth-order valence-corrected chi connectivity index (χ4v) is 1.74. The van der Waals surface area contributed by atoms with Crippen LogP contribution in [0, 0.1) is 28.7 Å². The molecule has 1 rings (SSSR count). The van der Waals surface area contributed by atoms with E-state index in [9.17, 15) is 0 Å². The molecule has 1 aromatic rings. The van der Waals surface area contributed by atoms with Gasteiger partial charge in [0.05, 0.1) is 0 Å². The Morgan fingerprint density at radius 2 is 1.29 bits per heavy atom. The molecule has 0 saturated carbocycles. The van der Waals surface area contributed by atoms with Crippen LogP contribution in [0.15, 0.2) is 18.2 Å². The van der Waals surface area contributed by atoms with Crippen molar-refractivity contribution >= 4 is 0 Å². The molecule has 14 heavy (non-hydrogen) atoms. The Kier molecular flexibility index (Phi) is 12.2. The van der Waals surface area contributed by atoms with Crippen molar-refractivity contribution in [2.45, 2.75) is 33.6 Å². The van der Waals surface area contributed by atoms with Crippen LogP contribution in [0.25, 0.3) is 0 Å². The molecule has 0 aliphatic rings. The van der Waals surface area contributed by atoms with Gasteiger partial charge in [0, 0.05) is 32.7 Å². The Morgan fingerprint density at radius 1 is 0.929 bits per heavy atom. The predicted molar refractivity (Wildman–Crippen MR) is 62.8 cm³/mol. The van der Waals surface area contributed by atoms with E-state index < -0.39 is 0 Å². The average Bonchev–Trinajstić information content (AvgIpc) is 1.85. The average molecular weight is 267 g/mol. The molecule has 0 spiro atoms. The van der Waals surface area contributed by atoms with Crippen LogP contribution in [0.1, 0.15) is 36.5 Å². The van der Waals surface area contributed by atoms with E-state index in [1.807, 2.05) is 0 Å². The summed E-state index contributed by atoms with van der Waals surface area (Å²) in [7, 11) is 0. The number of benzene rings is 1. The molecule has 1 radical (unpaired) electrons. The van der Waals surface area contributed by atoms with Gasteiger partial charge in [-0.25, -0.2) is 0 Å². The zero-order valence-corrected chi connectivity index (χ0v) is 13.2. The van der Waals surface area contributed by atoms with Crippen molar-refractivity contribution in [3.05, 3.63) is 49.7 Å². The second-order valence-electron chi connectivity index (χ2n) is 3.46. The van der Waals surface area contributed by atoms with Gasteiger partial charge in [0.25, 0.3) is 0 Å². The summed E-state index contributed by atoms with van der Waals surface area (Å²) in [6.07, 6.45) is 0. The maximum absolute atomic E-state index is 2.25. The van der Waals surface area contributed by atoms with Gasteiger partial charge in [-0.1, -0.05) is 32.0 Å². The molecule has 0 amide bonds. The maximum Gasteiger partial charge on any atom is 0 e. The predicted octanol–water partition coefficient (Wildman–Crippen LogP) is 4.32. The van der Waals surface area contributed by atoms with E-state index in [1.165, 1.54) is 16.7 Å². The van der Waals surface area contributed by atoms with Gasteiger partial charge < -0.3 is 14.9 Å². The van der Waals surface area contributed by atoms with E-state index in [-0.39, 0.29) is 47.6 Å². The third-order valence-electron chi connectivity index (χ3n) is 2.12. The molecular weight excluding hydrogens is 245 g/mol. The standard InChI is InChI=1S/C11H16.2CH3.Y/c1-8(2)11-9(3)6-5-7-10(11)4;;;/h5-8H,1-4H3;2*1H3;/q;2*-1;. The van der Waals surface area contributed by atoms with Crippen LogP contribution in [0.2, 0.25) is 0 Å². The van der Waals surface area contributed by atoms with Crippen molar-refractivity contribution < 1.29 is 32.7 Å². The van der Waals surface area contributed by atoms with E-state index >= 15 is 0 Å².